The average molecular weight is 238 g/mol. The number of likely N-dealkylation sites (tertiary alicyclic amines) is 1. The zero-order valence-electron chi connectivity index (χ0n) is 11.8. The maximum atomic E-state index is 3.98. The van der Waals surface area contributed by atoms with Crippen molar-refractivity contribution in [2.24, 2.45) is 5.92 Å². The molecule has 17 heavy (non-hydrogen) atoms. The first-order chi connectivity index (χ1) is 8.25. The van der Waals surface area contributed by atoms with Crippen LogP contribution in [-0.4, -0.2) is 37.1 Å². The third-order valence-electron chi connectivity index (χ3n) is 4.76. The largest absolute Gasteiger partial charge is 0.311 e. The van der Waals surface area contributed by atoms with Gasteiger partial charge in [-0.2, -0.15) is 0 Å². The summed E-state index contributed by atoms with van der Waals surface area (Å²) >= 11 is 0. The summed E-state index contributed by atoms with van der Waals surface area (Å²) in [7, 11) is 2.26. The Morgan fingerprint density at radius 1 is 0.882 bits per heavy atom. The van der Waals surface area contributed by atoms with E-state index in [4.69, 9.17) is 0 Å². The second-order valence-corrected chi connectivity index (χ2v) is 6.32. The van der Waals surface area contributed by atoms with Crippen LogP contribution < -0.4 is 5.32 Å². The van der Waals surface area contributed by atoms with Crippen molar-refractivity contribution in [3.63, 3.8) is 0 Å². The smallest absolute Gasteiger partial charge is 0.00952 e. The molecule has 0 aromatic heterocycles. The van der Waals surface area contributed by atoms with Crippen molar-refractivity contribution in [1.29, 1.82) is 0 Å². The number of nitrogens with one attached hydrogen (secondary N) is 1. The molecule has 0 aromatic carbocycles. The van der Waals surface area contributed by atoms with Gasteiger partial charge in [0.1, 0.15) is 0 Å². The molecule has 1 aliphatic heterocycles. The number of rotatable bonds is 2. The normalized spacial score (nSPS) is 37.4. The summed E-state index contributed by atoms with van der Waals surface area (Å²) in [5.74, 6) is 0.887. The Morgan fingerprint density at radius 3 is 2.59 bits per heavy atom. The minimum Gasteiger partial charge on any atom is -0.311 e. The molecule has 2 aliphatic rings. The van der Waals surface area contributed by atoms with Gasteiger partial charge in [-0.1, -0.05) is 26.2 Å². The third-order valence-corrected chi connectivity index (χ3v) is 4.76. The van der Waals surface area contributed by atoms with Crippen molar-refractivity contribution in [2.45, 2.75) is 70.4 Å². The van der Waals surface area contributed by atoms with E-state index in [9.17, 15) is 0 Å². The molecule has 100 valence electrons. The van der Waals surface area contributed by atoms with Crippen LogP contribution in [0.2, 0.25) is 0 Å². The highest BCUT2D eigenvalue weighted by molar-refractivity contribution is 4.82. The monoisotopic (exact) mass is 238 g/mol. The molecule has 0 radical (unpaired) electrons. The molecule has 2 nitrogen and oxygen atoms in total. The summed E-state index contributed by atoms with van der Waals surface area (Å²) in [6, 6.07) is 1.58. The van der Waals surface area contributed by atoms with Gasteiger partial charge in [0.05, 0.1) is 0 Å². The van der Waals surface area contributed by atoms with Crippen LogP contribution in [0.5, 0.6) is 0 Å². The van der Waals surface area contributed by atoms with Gasteiger partial charge in [0.2, 0.25) is 0 Å². The van der Waals surface area contributed by atoms with E-state index < -0.39 is 0 Å². The van der Waals surface area contributed by atoms with E-state index in [0.29, 0.717) is 0 Å². The van der Waals surface area contributed by atoms with Crippen molar-refractivity contribution in [2.75, 3.05) is 20.1 Å². The lowest BCUT2D eigenvalue weighted by atomic mass is 9.95. The lowest BCUT2D eigenvalue weighted by molar-refractivity contribution is 0.299. The van der Waals surface area contributed by atoms with E-state index in [1.165, 1.54) is 64.5 Å². The first-order valence-corrected chi connectivity index (χ1v) is 7.70. The van der Waals surface area contributed by atoms with Gasteiger partial charge < -0.3 is 10.2 Å². The number of hydrogen-bond acceptors (Lipinski definition) is 2. The van der Waals surface area contributed by atoms with Gasteiger partial charge in [0.25, 0.3) is 0 Å². The molecular weight excluding hydrogens is 208 g/mol. The van der Waals surface area contributed by atoms with E-state index in [-0.39, 0.29) is 0 Å². The molecule has 2 rings (SSSR count). The van der Waals surface area contributed by atoms with E-state index in [2.05, 4.69) is 24.2 Å². The van der Waals surface area contributed by atoms with Crippen molar-refractivity contribution >= 4 is 0 Å². The molecule has 1 saturated carbocycles. The molecule has 1 saturated heterocycles. The van der Waals surface area contributed by atoms with Gasteiger partial charge in [-0.25, -0.2) is 0 Å². The highest BCUT2D eigenvalue weighted by atomic mass is 15.1. The maximum Gasteiger partial charge on any atom is 0.00952 e. The van der Waals surface area contributed by atoms with Crippen LogP contribution >= 0.6 is 0 Å². The van der Waals surface area contributed by atoms with Crippen LogP contribution in [0.1, 0.15) is 58.3 Å². The molecule has 0 spiro atoms. The molecule has 2 heteroatoms. The van der Waals surface area contributed by atoms with Crippen molar-refractivity contribution in [1.82, 2.24) is 10.2 Å². The molecule has 1 heterocycles. The zero-order chi connectivity index (χ0) is 12.1. The Bertz CT molecular complexity index is 217. The van der Waals surface area contributed by atoms with Gasteiger partial charge in [-0.05, 0) is 58.2 Å². The molecule has 1 aliphatic carbocycles. The van der Waals surface area contributed by atoms with Crippen LogP contribution in [0.4, 0.5) is 0 Å². The van der Waals surface area contributed by atoms with Crippen molar-refractivity contribution in [3.8, 4) is 0 Å². The fraction of sp³-hybridized carbons (Fsp3) is 1.00. The Kier molecular flexibility index (Phi) is 5.30. The van der Waals surface area contributed by atoms with E-state index in [1.54, 1.807) is 0 Å². The average Bonchev–Trinajstić information content (AvgIpc) is 2.63. The summed E-state index contributed by atoms with van der Waals surface area (Å²) < 4.78 is 0. The predicted molar refractivity (Wildman–Crippen MR) is 74.3 cm³/mol. The van der Waals surface area contributed by atoms with Gasteiger partial charge >= 0.3 is 0 Å². The Hall–Kier alpha value is -0.0800. The maximum absolute atomic E-state index is 3.98. The predicted octanol–water partition coefficient (Wildman–Crippen LogP) is 3.03. The Labute approximate surface area is 107 Å². The van der Waals surface area contributed by atoms with Crippen LogP contribution in [0.25, 0.3) is 0 Å². The van der Waals surface area contributed by atoms with Gasteiger partial charge in [0.15, 0.2) is 0 Å². The fourth-order valence-electron chi connectivity index (χ4n) is 3.45. The highest BCUT2D eigenvalue weighted by Crippen LogP contribution is 2.24. The van der Waals surface area contributed by atoms with E-state index in [0.717, 1.165) is 18.0 Å². The standard InChI is InChI=1S/C15H30N2/c1-13-7-4-3-5-9-15(13)16-14-8-6-11-17(2)12-10-14/h13-16H,3-12H2,1-2H3. The second kappa shape index (κ2) is 6.75. The third kappa shape index (κ3) is 4.26. The van der Waals surface area contributed by atoms with Gasteiger partial charge in [-0.15, -0.1) is 0 Å². The van der Waals surface area contributed by atoms with Crippen molar-refractivity contribution < 1.29 is 0 Å². The van der Waals surface area contributed by atoms with E-state index in [1.807, 2.05) is 0 Å². The van der Waals surface area contributed by atoms with Gasteiger partial charge in [-0.3, -0.25) is 0 Å². The molecule has 3 unspecified atom stereocenters. The first kappa shape index (κ1) is 13.4. The minimum absolute atomic E-state index is 0.783. The minimum atomic E-state index is 0.783. The summed E-state index contributed by atoms with van der Waals surface area (Å²) in [4.78, 5) is 2.48. The van der Waals surface area contributed by atoms with Crippen LogP contribution in [-0.2, 0) is 0 Å². The Balaban J connectivity index is 1.81. The second-order valence-electron chi connectivity index (χ2n) is 6.32. The van der Waals surface area contributed by atoms with Crippen LogP contribution in [0, 0.1) is 5.92 Å². The number of nitrogens with zero attached hydrogens (tertiary/aromatic N) is 1. The van der Waals surface area contributed by atoms with Crippen LogP contribution in [0.3, 0.4) is 0 Å². The molecule has 1 N–H and O–H groups in total. The molecular formula is C15H30N2. The summed E-state index contributed by atoms with van der Waals surface area (Å²) in [6.07, 6.45) is 11.3. The number of hydrogen-bond donors (Lipinski definition) is 1. The summed E-state index contributed by atoms with van der Waals surface area (Å²) in [5, 5.41) is 3.98. The van der Waals surface area contributed by atoms with Crippen LogP contribution in [0.15, 0.2) is 0 Å². The Morgan fingerprint density at radius 2 is 1.71 bits per heavy atom. The SMILES string of the molecule is CC1CCCCCC1NC1CCCN(C)CC1. The highest BCUT2D eigenvalue weighted by Gasteiger charge is 2.23. The molecule has 0 aromatic rings. The van der Waals surface area contributed by atoms with Crippen molar-refractivity contribution in [3.05, 3.63) is 0 Å². The topological polar surface area (TPSA) is 15.3 Å². The molecule has 0 amide bonds. The van der Waals surface area contributed by atoms with Gasteiger partial charge in [0, 0.05) is 12.1 Å². The fourth-order valence-corrected chi connectivity index (χ4v) is 3.45. The molecule has 3 atom stereocenters. The molecule has 0 bridgehead atoms. The zero-order valence-corrected chi connectivity index (χ0v) is 11.8. The lowest BCUT2D eigenvalue weighted by Gasteiger charge is -2.28. The lowest BCUT2D eigenvalue weighted by Crippen LogP contribution is -2.42. The first-order valence-electron chi connectivity index (χ1n) is 7.70. The van der Waals surface area contributed by atoms with E-state index >= 15 is 0 Å². The molecule has 2 fully saturated rings. The quantitative estimate of drug-likeness (QED) is 0.744. The summed E-state index contributed by atoms with van der Waals surface area (Å²) in [6.45, 7) is 5.02. The summed E-state index contributed by atoms with van der Waals surface area (Å²) in [5.41, 5.74) is 0.